The van der Waals surface area contributed by atoms with Crippen LogP contribution in [0.4, 0.5) is 13.2 Å². The van der Waals surface area contributed by atoms with Crippen molar-refractivity contribution in [3.63, 3.8) is 0 Å². The number of alkyl halides is 2. The minimum absolute atomic E-state index is 0.180. The smallest absolute Gasteiger partial charge is 0.280 e. The van der Waals surface area contributed by atoms with Crippen LogP contribution >= 0.6 is 11.3 Å². The van der Waals surface area contributed by atoms with Gasteiger partial charge in [0.2, 0.25) is 0 Å². The molecule has 4 aromatic rings. The number of pyridine rings is 2. The third-order valence-electron chi connectivity index (χ3n) is 7.01. The first kappa shape index (κ1) is 29.4. The number of carbonyl (C=O) groups excluding carboxylic acids is 1. The van der Waals surface area contributed by atoms with Crippen molar-refractivity contribution in [2.45, 2.75) is 33.6 Å². The Hall–Kier alpha value is -4.09. The number of benzene rings is 1. The van der Waals surface area contributed by atoms with E-state index in [1.165, 1.54) is 46.4 Å². The lowest BCUT2D eigenvalue weighted by atomic mass is 10.0. The molecule has 1 aliphatic rings. The number of piperazine rings is 1. The van der Waals surface area contributed by atoms with E-state index in [0.717, 1.165) is 11.1 Å². The van der Waals surface area contributed by atoms with Gasteiger partial charge in [-0.25, -0.2) is 18.2 Å². The number of halogens is 3. The monoisotopic (exact) mass is 593 g/mol. The fraction of sp³-hybridized carbons (Fsp3) is 0.290. The van der Waals surface area contributed by atoms with Gasteiger partial charge in [-0.3, -0.25) is 19.1 Å². The van der Waals surface area contributed by atoms with Crippen molar-refractivity contribution in [1.82, 2.24) is 24.8 Å². The summed E-state index contributed by atoms with van der Waals surface area (Å²) in [6.45, 7) is 7.96. The molecule has 42 heavy (non-hydrogen) atoms. The zero-order chi connectivity index (χ0) is 30.0. The van der Waals surface area contributed by atoms with Crippen LogP contribution in [0.1, 0.15) is 54.5 Å². The fourth-order valence-corrected chi connectivity index (χ4v) is 5.74. The number of nitrogens with zero attached hydrogens (tertiary/aromatic N) is 4. The Bertz CT molecular complexity index is 1700. The van der Waals surface area contributed by atoms with Crippen LogP contribution in [0.15, 0.2) is 58.3 Å². The molecule has 1 aromatic carbocycles. The normalized spacial score (nSPS) is 13.5. The number of rotatable bonds is 7. The summed E-state index contributed by atoms with van der Waals surface area (Å²) >= 11 is 1.19. The molecule has 0 bridgehead atoms. The Morgan fingerprint density at radius 1 is 1.14 bits per heavy atom. The van der Waals surface area contributed by atoms with Gasteiger partial charge in [-0.05, 0) is 62.2 Å². The summed E-state index contributed by atoms with van der Waals surface area (Å²) in [4.78, 5) is 38.5. The van der Waals surface area contributed by atoms with E-state index in [0.29, 0.717) is 65.8 Å². The third kappa shape index (κ3) is 5.93. The van der Waals surface area contributed by atoms with Crippen LogP contribution in [0.3, 0.4) is 0 Å². The highest BCUT2D eigenvalue weighted by atomic mass is 32.1. The third-order valence-corrected chi connectivity index (χ3v) is 7.88. The summed E-state index contributed by atoms with van der Waals surface area (Å²) in [5.41, 5.74) is 2.98. The first-order valence-corrected chi connectivity index (χ1v) is 14.5. The fourth-order valence-electron chi connectivity index (χ4n) is 4.91. The van der Waals surface area contributed by atoms with Crippen LogP contribution in [0, 0.1) is 5.82 Å². The Kier molecular flexibility index (Phi) is 8.69. The quantitative estimate of drug-likeness (QED) is 0.279. The summed E-state index contributed by atoms with van der Waals surface area (Å²) in [5.74, 6) is -0.745. The molecule has 3 aromatic heterocycles. The molecule has 1 saturated heterocycles. The van der Waals surface area contributed by atoms with E-state index in [4.69, 9.17) is 0 Å². The minimum atomic E-state index is -2.69. The van der Waals surface area contributed by atoms with Crippen molar-refractivity contribution in [1.29, 1.82) is 0 Å². The lowest BCUT2D eigenvalue weighted by molar-refractivity contribution is 0.0735. The number of thiazole rings is 1. The molecular formula is C31H30F3N5O2S. The second kappa shape index (κ2) is 12.4. The van der Waals surface area contributed by atoms with Gasteiger partial charge >= 0.3 is 0 Å². The summed E-state index contributed by atoms with van der Waals surface area (Å²) in [5, 5.41) is 5.29. The van der Waals surface area contributed by atoms with E-state index in [1.54, 1.807) is 28.5 Å². The van der Waals surface area contributed by atoms with Gasteiger partial charge in [-0.1, -0.05) is 18.6 Å². The molecule has 1 N–H and O–H groups in total. The van der Waals surface area contributed by atoms with E-state index in [-0.39, 0.29) is 17.2 Å². The van der Waals surface area contributed by atoms with Gasteiger partial charge < -0.3 is 10.2 Å². The molecule has 7 nitrogen and oxygen atoms in total. The molecular weight excluding hydrogens is 563 g/mol. The molecule has 0 aliphatic carbocycles. The highest BCUT2D eigenvalue weighted by Gasteiger charge is 2.27. The van der Waals surface area contributed by atoms with Crippen molar-refractivity contribution < 1.29 is 18.0 Å². The number of nitrogens with one attached hydrogen (secondary N) is 1. The van der Waals surface area contributed by atoms with Crippen LogP contribution in [-0.4, -0.2) is 51.5 Å². The molecule has 0 atom stereocenters. The number of hydrogen-bond donors (Lipinski definition) is 1. The maximum atomic E-state index is 14.7. The summed E-state index contributed by atoms with van der Waals surface area (Å²) in [7, 11) is 0. The van der Waals surface area contributed by atoms with Gasteiger partial charge in [0.05, 0.1) is 28.2 Å². The van der Waals surface area contributed by atoms with Gasteiger partial charge in [0.15, 0.2) is 0 Å². The topological polar surface area (TPSA) is 80.1 Å². The first-order chi connectivity index (χ1) is 20.2. The Morgan fingerprint density at radius 3 is 2.55 bits per heavy atom. The summed E-state index contributed by atoms with van der Waals surface area (Å²) in [6.07, 6.45) is 0.931. The van der Waals surface area contributed by atoms with E-state index >= 15 is 0 Å². The molecule has 4 heterocycles. The van der Waals surface area contributed by atoms with E-state index in [2.05, 4.69) is 15.3 Å². The van der Waals surface area contributed by atoms with E-state index in [9.17, 15) is 22.8 Å². The average Bonchev–Trinajstić information content (AvgIpc) is 3.47. The average molecular weight is 594 g/mol. The number of aromatic nitrogens is 3. The van der Waals surface area contributed by atoms with Gasteiger partial charge in [0.25, 0.3) is 17.9 Å². The Labute approximate surface area is 245 Å². The van der Waals surface area contributed by atoms with Crippen LogP contribution in [0.5, 0.6) is 0 Å². The van der Waals surface area contributed by atoms with Crippen LogP contribution in [-0.2, 0) is 6.42 Å². The number of aryl methyl sites for hydroxylation is 1. The van der Waals surface area contributed by atoms with Gasteiger partial charge in [0.1, 0.15) is 16.5 Å². The zero-order valence-electron chi connectivity index (χ0n) is 23.5. The predicted octanol–water partition coefficient (Wildman–Crippen LogP) is 6.13. The van der Waals surface area contributed by atoms with Crippen LogP contribution in [0.2, 0.25) is 0 Å². The molecule has 218 valence electrons. The van der Waals surface area contributed by atoms with Crippen LogP contribution < -0.4 is 10.9 Å². The lowest BCUT2D eigenvalue weighted by Crippen LogP contribution is -2.47. The number of hydrogen-bond acceptors (Lipinski definition) is 6. The Balaban J connectivity index is 1.76. The molecule has 5 rings (SSSR count). The summed E-state index contributed by atoms with van der Waals surface area (Å²) in [6, 6.07) is 8.62. The largest absolute Gasteiger partial charge is 0.336 e. The van der Waals surface area contributed by atoms with Gasteiger partial charge in [0, 0.05) is 43.3 Å². The maximum absolute atomic E-state index is 14.7. The molecule has 11 heteroatoms. The van der Waals surface area contributed by atoms with Crippen molar-refractivity contribution in [3.05, 3.63) is 92.2 Å². The Morgan fingerprint density at radius 2 is 1.90 bits per heavy atom. The van der Waals surface area contributed by atoms with Crippen molar-refractivity contribution in [2.24, 2.45) is 0 Å². The molecule has 1 fully saturated rings. The van der Waals surface area contributed by atoms with Crippen molar-refractivity contribution in [3.8, 4) is 27.5 Å². The molecule has 0 unspecified atom stereocenters. The number of allylic oxidation sites excluding steroid dienone is 1. The second-order valence-electron chi connectivity index (χ2n) is 10.2. The van der Waals surface area contributed by atoms with Gasteiger partial charge in [-0.2, -0.15) is 0 Å². The highest BCUT2D eigenvalue weighted by Crippen LogP contribution is 2.31. The highest BCUT2D eigenvalue weighted by molar-refractivity contribution is 7.13. The number of carbonyl (C=O) groups is 1. The molecule has 1 aliphatic heterocycles. The maximum Gasteiger partial charge on any atom is 0.280 e. The van der Waals surface area contributed by atoms with Crippen molar-refractivity contribution >= 4 is 23.3 Å². The predicted molar refractivity (Wildman–Crippen MR) is 159 cm³/mol. The molecule has 0 radical (unpaired) electrons. The number of amides is 1. The van der Waals surface area contributed by atoms with Gasteiger partial charge in [-0.15, -0.1) is 11.3 Å². The SMILES string of the molecule is CCc1ccc(F)cc1-n1c(C=C(C)C)c(C(=O)N2CCNCC2)cc(-c2nc(-c3ccc(C(F)F)nc3)cs2)c1=O. The standard InChI is InChI=1S/C31H30F3N5O2S/c1-4-19-5-7-21(32)14-26(19)39-27(13-18(2)3)22(30(40)38-11-9-35-10-12-38)15-23(31(39)41)29-37-25(17-42-29)20-6-8-24(28(33)34)36-16-20/h5-8,13-17,28,35H,4,9-12H2,1-3H3. The molecule has 0 spiro atoms. The van der Waals surface area contributed by atoms with E-state index in [1.807, 2.05) is 20.8 Å². The summed E-state index contributed by atoms with van der Waals surface area (Å²) < 4.78 is 42.1. The van der Waals surface area contributed by atoms with Crippen LogP contribution in [0.25, 0.3) is 33.6 Å². The molecule has 0 saturated carbocycles. The zero-order valence-corrected chi connectivity index (χ0v) is 24.3. The first-order valence-electron chi connectivity index (χ1n) is 13.6. The second-order valence-corrected chi connectivity index (χ2v) is 11.1. The van der Waals surface area contributed by atoms with Crippen molar-refractivity contribution in [2.75, 3.05) is 26.2 Å². The van der Waals surface area contributed by atoms with E-state index < -0.39 is 17.8 Å². The molecule has 1 amide bonds. The lowest BCUT2D eigenvalue weighted by Gasteiger charge is -2.29. The minimum Gasteiger partial charge on any atom is -0.336 e.